The van der Waals surface area contributed by atoms with E-state index in [1.807, 2.05) is 0 Å². The van der Waals surface area contributed by atoms with Gasteiger partial charge in [0.2, 0.25) is 0 Å². The van der Waals surface area contributed by atoms with E-state index < -0.39 is 0 Å². The lowest BCUT2D eigenvalue weighted by Crippen LogP contribution is -2.54. The van der Waals surface area contributed by atoms with Gasteiger partial charge in [0.15, 0.2) is 0 Å². The highest BCUT2D eigenvalue weighted by atomic mass is 15.2. The lowest BCUT2D eigenvalue weighted by atomic mass is 9.74. The maximum absolute atomic E-state index is 6.62. The zero-order chi connectivity index (χ0) is 12.4. The van der Waals surface area contributed by atoms with Crippen molar-refractivity contribution in [3.63, 3.8) is 0 Å². The van der Waals surface area contributed by atoms with E-state index in [2.05, 4.69) is 4.90 Å². The summed E-state index contributed by atoms with van der Waals surface area (Å²) in [4.78, 5) is 2.71. The van der Waals surface area contributed by atoms with Gasteiger partial charge in [0.1, 0.15) is 0 Å². The minimum atomic E-state index is 0.153. The molecule has 3 rings (SSSR count). The van der Waals surface area contributed by atoms with Gasteiger partial charge in [0, 0.05) is 18.6 Å². The smallest absolute Gasteiger partial charge is 0.0283 e. The summed E-state index contributed by atoms with van der Waals surface area (Å²) in [7, 11) is 0. The molecule has 1 aliphatic heterocycles. The largest absolute Gasteiger partial charge is 0.324 e. The maximum Gasteiger partial charge on any atom is 0.0283 e. The molecule has 18 heavy (non-hydrogen) atoms. The summed E-state index contributed by atoms with van der Waals surface area (Å²) in [5.74, 6) is 2.05. The third-order valence-electron chi connectivity index (χ3n) is 5.76. The van der Waals surface area contributed by atoms with E-state index >= 15 is 0 Å². The van der Waals surface area contributed by atoms with E-state index in [1.165, 1.54) is 83.8 Å². The van der Waals surface area contributed by atoms with Crippen LogP contribution in [0.3, 0.4) is 0 Å². The SMILES string of the molecule is NC1(CN2CCC3CCCCC3C2)CCCCC1. The van der Waals surface area contributed by atoms with Crippen LogP contribution in [0.1, 0.15) is 64.2 Å². The second-order valence-corrected chi connectivity index (χ2v) is 7.25. The van der Waals surface area contributed by atoms with Gasteiger partial charge in [0.05, 0.1) is 0 Å². The summed E-state index contributed by atoms with van der Waals surface area (Å²) in [5.41, 5.74) is 6.77. The van der Waals surface area contributed by atoms with Crippen molar-refractivity contribution in [2.45, 2.75) is 69.7 Å². The van der Waals surface area contributed by atoms with Crippen molar-refractivity contribution in [1.29, 1.82) is 0 Å². The lowest BCUT2D eigenvalue weighted by molar-refractivity contribution is 0.0631. The summed E-state index contributed by atoms with van der Waals surface area (Å²) in [5, 5.41) is 0. The number of piperidine rings is 1. The van der Waals surface area contributed by atoms with Crippen molar-refractivity contribution in [2.75, 3.05) is 19.6 Å². The van der Waals surface area contributed by atoms with Gasteiger partial charge in [-0.25, -0.2) is 0 Å². The number of likely N-dealkylation sites (tertiary alicyclic amines) is 1. The van der Waals surface area contributed by atoms with E-state index in [9.17, 15) is 0 Å². The molecular formula is C16H30N2. The van der Waals surface area contributed by atoms with E-state index in [1.54, 1.807) is 0 Å². The van der Waals surface area contributed by atoms with Crippen LogP contribution in [0.15, 0.2) is 0 Å². The van der Waals surface area contributed by atoms with Gasteiger partial charge in [0.25, 0.3) is 0 Å². The number of rotatable bonds is 2. The molecule has 2 nitrogen and oxygen atoms in total. The molecule has 3 aliphatic rings. The first kappa shape index (κ1) is 12.9. The van der Waals surface area contributed by atoms with Gasteiger partial charge < -0.3 is 10.6 Å². The van der Waals surface area contributed by atoms with Gasteiger partial charge in [-0.05, 0) is 44.1 Å². The highest BCUT2D eigenvalue weighted by Crippen LogP contribution is 2.37. The first-order valence-electron chi connectivity index (χ1n) is 8.26. The monoisotopic (exact) mass is 250 g/mol. The predicted molar refractivity (Wildman–Crippen MR) is 76.5 cm³/mol. The molecule has 2 N–H and O–H groups in total. The molecule has 2 unspecified atom stereocenters. The van der Waals surface area contributed by atoms with E-state index in [-0.39, 0.29) is 5.54 Å². The first-order valence-corrected chi connectivity index (χ1v) is 8.26. The standard InChI is InChI=1S/C16H30N2/c17-16(9-4-1-5-10-16)13-18-11-8-14-6-2-3-7-15(14)12-18/h14-15H,1-13,17H2. The van der Waals surface area contributed by atoms with E-state index in [4.69, 9.17) is 5.73 Å². The third-order valence-corrected chi connectivity index (χ3v) is 5.76. The average Bonchev–Trinajstić information content (AvgIpc) is 2.39. The number of hydrogen-bond donors (Lipinski definition) is 1. The molecule has 2 atom stereocenters. The van der Waals surface area contributed by atoms with Crippen LogP contribution >= 0.6 is 0 Å². The van der Waals surface area contributed by atoms with Crippen LogP contribution in [0.25, 0.3) is 0 Å². The Labute approximate surface area is 112 Å². The van der Waals surface area contributed by atoms with Crippen LogP contribution in [0, 0.1) is 11.8 Å². The second kappa shape index (κ2) is 5.50. The zero-order valence-electron chi connectivity index (χ0n) is 11.9. The summed E-state index contributed by atoms with van der Waals surface area (Å²) in [6.45, 7) is 3.85. The van der Waals surface area contributed by atoms with Crippen molar-refractivity contribution >= 4 is 0 Å². The number of hydrogen-bond acceptors (Lipinski definition) is 2. The normalized spacial score (nSPS) is 37.2. The van der Waals surface area contributed by atoms with Crippen LogP contribution in [0.5, 0.6) is 0 Å². The Balaban J connectivity index is 1.54. The van der Waals surface area contributed by atoms with Crippen LogP contribution < -0.4 is 5.73 Å². The van der Waals surface area contributed by atoms with Crippen molar-refractivity contribution < 1.29 is 0 Å². The Hall–Kier alpha value is -0.0800. The number of nitrogens with two attached hydrogens (primary N) is 1. The first-order chi connectivity index (χ1) is 8.75. The number of fused-ring (bicyclic) bond motifs is 1. The van der Waals surface area contributed by atoms with Crippen LogP contribution in [-0.2, 0) is 0 Å². The molecule has 1 heterocycles. The maximum atomic E-state index is 6.62. The summed E-state index contributed by atoms with van der Waals surface area (Å²) < 4.78 is 0. The van der Waals surface area contributed by atoms with E-state index in [0.29, 0.717) is 0 Å². The molecule has 1 saturated heterocycles. The topological polar surface area (TPSA) is 29.3 Å². The molecule has 104 valence electrons. The molecule has 0 bridgehead atoms. The molecule has 2 aliphatic carbocycles. The summed E-state index contributed by atoms with van der Waals surface area (Å²) in [6.07, 6.45) is 14.0. The summed E-state index contributed by atoms with van der Waals surface area (Å²) in [6, 6.07) is 0. The van der Waals surface area contributed by atoms with Crippen molar-refractivity contribution in [3.8, 4) is 0 Å². The Bertz CT molecular complexity index is 270. The molecule has 0 spiro atoms. The molecule has 2 heteroatoms. The molecule has 0 aromatic carbocycles. The second-order valence-electron chi connectivity index (χ2n) is 7.25. The lowest BCUT2D eigenvalue weighted by Gasteiger charge is -2.45. The van der Waals surface area contributed by atoms with Gasteiger partial charge in [-0.15, -0.1) is 0 Å². The Kier molecular flexibility index (Phi) is 3.95. The Morgan fingerprint density at radius 1 is 0.889 bits per heavy atom. The quantitative estimate of drug-likeness (QED) is 0.815. The minimum absolute atomic E-state index is 0.153. The molecule has 0 amide bonds. The zero-order valence-corrected chi connectivity index (χ0v) is 11.9. The third kappa shape index (κ3) is 2.91. The van der Waals surface area contributed by atoms with Crippen molar-refractivity contribution in [2.24, 2.45) is 17.6 Å². The molecule has 0 aromatic heterocycles. The van der Waals surface area contributed by atoms with Crippen molar-refractivity contribution in [3.05, 3.63) is 0 Å². The fourth-order valence-corrected chi connectivity index (χ4v) is 4.68. The fourth-order valence-electron chi connectivity index (χ4n) is 4.68. The highest BCUT2D eigenvalue weighted by molar-refractivity contribution is 4.93. The molecule has 3 fully saturated rings. The van der Waals surface area contributed by atoms with Gasteiger partial charge in [-0.3, -0.25) is 0 Å². The molecule has 0 radical (unpaired) electrons. The summed E-state index contributed by atoms with van der Waals surface area (Å²) >= 11 is 0. The minimum Gasteiger partial charge on any atom is -0.324 e. The van der Waals surface area contributed by atoms with Crippen molar-refractivity contribution in [1.82, 2.24) is 4.90 Å². The molecular weight excluding hydrogens is 220 g/mol. The Morgan fingerprint density at radius 3 is 2.39 bits per heavy atom. The van der Waals surface area contributed by atoms with Crippen LogP contribution in [0.2, 0.25) is 0 Å². The van der Waals surface area contributed by atoms with Crippen LogP contribution in [0.4, 0.5) is 0 Å². The average molecular weight is 250 g/mol. The van der Waals surface area contributed by atoms with Gasteiger partial charge in [-0.2, -0.15) is 0 Å². The Morgan fingerprint density at radius 2 is 1.61 bits per heavy atom. The van der Waals surface area contributed by atoms with E-state index in [0.717, 1.165) is 11.8 Å². The van der Waals surface area contributed by atoms with Gasteiger partial charge in [-0.1, -0.05) is 38.5 Å². The number of nitrogens with zero attached hydrogens (tertiary/aromatic N) is 1. The molecule has 2 saturated carbocycles. The molecule has 0 aromatic rings. The fraction of sp³-hybridized carbons (Fsp3) is 1.00. The highest BCUT2D eigenvalue weighted by Gasteiger charge is 2.35. The van der Waals surface area contributed by atoms with Gasteiger partial charge >= 0.3 is 0 Å². The van der Waals surface area contributed by atoms with Crippen LogP contribution in [-0.4, -0.2) is 30.1 Å². The predicted octanol–water partition coefficient (Wildman–Crippen LogP) is 3.16.